The van der Waals surface area contributed by atoms with E-state index in [-0.39, 0.29) is 23.2 Å². The molecule has 4 aromatic rings. The summed E-state index contributed by atoms with van der Waals surface area (Å²) in [6.07, 6.45) is 1.31. The Morgan fingerprint density at radius 3 is 2.35 bits per heavy atom. The van der Waals surface area contributed by atoms with E-state index in [2.05, 4.69) is 20.7 Å². The zero-order chi connectivity index (χ0) is 24.1. The molecule has 0 saturated heterocycles. The number of hydrazone groups is 1. The van der Waals surface area contributed by atoms with Crippen molar-refractivity contribution in [3.05, 3.63) is 83.4 Å². The first-order valence-electron chi connectivity index (χ1n) is 10.5. The van der Waals surface area contributed by atoms with Crippen molar-refractivity contribution in [2.24, 2.45) is 5.10 Å². The highest BCUT2D eigenvalue weighted by Gasteiger charge is 2.17. The number of benzene rings is 3. The number of rotatable bonds is 7. The molecule has 0 saturated carbocycles. The molecule has 0 spiro atoms. The second-order valence-corrected chi connectivity index (χ2v) is 8.61. The zero-order valence-electron chi connectivity index (χ0n) is 18.6. The number of phenols is 2. The molecule has 8 nitrogen and oxygen atoms in total. The Morgan fingerprint density at radius 1 is 1.00 bits per heavy atom. The van der Waals surface area contributed by atoms with Gasteiger partial charge in [0.25, 0.3) is 5.91 Å². The molecule has 4 rings (SSSR count). The van der Waals surface area contributed by atoms with Crippen molar-refractivity contribution in [2.45, 2.75) is 19.0 Å². The van der Waals surface area contributed by atoms with Crippen LogP contribution in [0.15, 0.2) is 77.0 Å². The number of aryl methyl sites for hydroxylation is 2. The average Bonchev–Trinajstić information content (AvgIpc) is 3.24. The van der Waals surface area contributed by atoms with Gasteiger partial charge in [-0.15, -0.1) is 10.2 Å². The van der Waals surface area contributed by atoms with E-state index in [4.69, 9.17) is 0 Å². The van der Waals surface area contributed by atoms with Crippen molar-refractivity contribution >= 4 is 23.9 Å². The van der Waals surface area contributed by atoms with Crippen LogP contribution >= 0.6 is 11.8 Å². The fraction of sp³-hybridized carbons (Fsp3) is 0.120. The minimum atomic E-state index is -0.338. The van der Waals surface area contributed by atoms with Gasteiger partial charge in [0.2, 0.25) is 0 Å². The van der Waals surface area contributed by atoms with E-state index in [9.17, 15) is 15.0 Å². The summed E-state index contributed by atoms with van der Waals surface area (Å²) in [7, 11) is 0. The van der Waals surface area contributed by atoms with Gasteiger partial charge in [-0.2, -0.15) is 5.10 Å². The van der Waals surface area contributed by atoms with Crippen LogP contribution in [0.5, 0.6) is 11.5 Å². The number of carbonyl (C=O) groups excluding carboxylic acids is 1. The number of carbonyl (C=O) groups is 1. The van der Waals surface area contributed by atoms with Gasteiger partial charge in [-0.3, -0.25) is 9.36 Å². The highest BCUT2D eigenvalue weighted by atomic mass is 32.2. The van der Waals surface area contributed by atoms with Gasteiger partial charge in [-0.25, -0.2) is 5.43 Å². The van der Waals surface area contributed by atoms with Gasteiger partial charge < -0.3 is 10.2 Å². The van der Waals surface area contributed by atoms with Crippen LogP contribution < -0.4 is 5.43 Å². The third-order valence-electron chi connectivity index (χ3n) is 4.97. The lowest BCUT2D eigenvalue weighted by Gasteiger charge is -2.11. The maximum atomic E-state index is 12.3. The molecular formula is C25H23N5O3S. The Kier molecular flexibility index (Phi) is 6.93. The average molecular weight is 474 g/mol. The van der Waals surface area contributed by atoms with Gasteiger partial charge >= 0.3 is 0 Å². The van der Waals surface area contributed by atoms with E-state index in [0.717, 1.165) is 22.4 Å². The lowest BCUT2D eigenvalue weighted by molar-refractivity contribution is -0.118. The summed E-state index contributed by atoms with van der Waals surface area (Å²) in [6.45, 7) is 4.05. The number of nitrogens with zero attached hydrogens (tertiary/aromatic N) is 4. The second-order valence-electron chi connectivity index (χ2n) is 7.67. The summed E-state index contributed by atoms with van der Waals surface area (Å²) in [5, 5.41) is 32.3. The lowest BCUT2D eigenvalue weighted by Crippen LogP contribution is -2.20. The molecule has 0 unspecified atom stereocenters. The number of phenolic OH excluding ortho intramolecular Hbond substituents is 2. The standard InChI is InChI=1S/C25H23N5O3S/c1-16-3-7-18(8-4-16)24-28-29-25(30(24)20-10-5-17(2)6-11-20)34-15-23(33)27-26-14-19-9-12-21(31)13-22(19)32/h3-14,31-32H,15H2,1-2H3,(H,27,33)/b26-14-. The first-order valence-corrected chi connectivity index (χ1v) is 11.5. The molecule has 1 aromatic heterocycles. The van der Waals surface area contributed by atoms with Crippen LogP contribution in [-0.4, -0.2) is 42.9 Å². The Bertz CT molecular complexity index is 1330. The van der Waals surface area contributed by atoms with E-state index in [1.165, 1.54) is 36.2 Å². The Balaban J connectivity index is 1.51. The van der Waals surface area contributed by atoms with Gasteiger partial charge in [0.15, 0.2) is 11.0 Å². The van der Waals surface area contributed by atoms with E-state index in [0.29, 0.717) is 16.5 Å². The molecule has 0 aliphatic heterocycles. The monoisotopic (exact) mass is 473 g/mol. The summed E-state index contributed by atoms with van der Waals surface area (Å²) in [6, 6.07) is 20.2. The van der Waals surface area contributed by atoms with Crippen molar-refractivity contribution in [3.8, 4) is 28.6 Å². The first-order chi connectivity index (χ1) is 16.4. The predicted molar refractivity (Wildman–Crippen MR) is 133 cm³/mol. The molecule has 0 bridgehead atoms. The zero-order valence-corrected chi connectivity index (χ0v) is 19.5. The number of hydrogen-bond acceptors (Lipinski definition) is 7. The number of thioether (sulfide) groups is 1. The fourth-order valence-electron chi connectivity index (χ4n) is 3.16. The van der Waals surface area contributed by atoms with Crippen molar-refractivity contribution in [1.29, 1.82) is 0 Å². The highest BCUT2D eigenvalue weighted by molar-refractivity contribution is 7.99. The van der Waals surface area contributed by atoms with Crippen LogP contribution in [0.1, 0.15) is 16.7 Å². The molecule has 0 aliphatic carbocycles. The molecule has 0 fully saturated rings. The maximum Gasteiger partial charge on any atom is 0.250 e. The van der Waals surface area contributed by atoms with Crippen LogP contribution in [0, 0.1) is 13.8 Å². The normalized spacial score (nSPS) is 11.1. The van der Waals surface area contributed by atoms with Gasteiger partial charge in [0, 0.05) is 22.9 Å². The Morgan fingerprint density at radius 2 is 1.68 bits per heavy atom. The van der Waals surface area contributed by atoms with Crippen LogP contribution in [-0.2, 0) is 4.79 Å². The molecule has 172 valence electrons. The van der Waals surface area contributed by atoms with Gasteiger partial charge in [-0.05, 0) is 38.1 Å². The highest BCUT2D eigenvalue weighted by Crippen LogP contribution is 2.28. The van der Waals surface area contributed by atoms with E-state index in [1.807, 2.05) is 66.9 Å². The maximum absolute atomic E-state index is 12.3. The summed E-state index contributed by atoms with van der Waals surface area (Å²) in [5.74, 6) is 0.221. The van der Waals surface area contributed by atoms with Crippen LogP contribution in [0.2, 0.25) is 0 Å². The van der Waals surface area contributed by atoms with Crippen LogP contribution in [0.3, 0.4) is 0 Å². The number of amides is 1. The van der Waals surface area contributed by atoms with Crippen molar-refractivity contribution in [2.75, 3.05) is 5.75 Å². The summed E-state index contributed by atoms with van der Waals surface area (Å²) in [5.41, 5.74) is 6.91. The summed E-state index contributed by atoms with van der Waals surface area (Å²) in [4.78, 5) is 12.3. The number of aromatic hydroxyl groups is 2. The van der Waals surface area contributed by atoms with Crippen LogP contribution in [0.4, 0.5) is 0 Å². The minimum absolute atomic E-state index is 0.0576. The molecule has 1 amide bonds. The van der Waals surface area contributed by atoms with Gasteiger partial charge in [-0.1, -0.05) is 59.3 Å². The van der Waals surface area contributed by atoms with Crippen molar-refractivity contribution < 1.29 is 15.0 Å². The largest absolute Gasteiger partial charge is 0.508 e. The SMILES string of the molecule is Cc1ccc(-c2nnc(SCC(=O)N/N=C\c3ccc(O)cc3O)n2-c2ccc(C)cc2)cc1. The van der Waals surface area contributed by atoms with E-state index < -0.39 is 0 Å². The van der Waals surface area contributed by atoms with Crippen molar-refractivity contribution in [3.63, 3.8) is 0 Å². The van der Waals surface area contributed by atoms with E-state index >= 15 is 0 Å². The minimum Gasteiger partial charge on any atom is -0.508 e. The molecule has 0 aliphatic rings. The second kappa shape index (κ2) is 10.2. The van der Waals surface area contributed by atoms with Crippen LogP contribution in [0.25, 0.3) is 17.1 Å². The predicted octanol–water partition coefficient (Wildman–Crippen LogP) is 4.20. The summed E-state index contributed by atoms with van der Waals surface area (Å²) < 4.78 is 1.93. The van der Waals surface area contributed by atoms with Crippen molar-refractivity contribution in [1.82, 2.24) is 20.2 Å². The molecule has 3 aromatic carbocycles. The Labute approximate surface area is 201 Å². The molecule has 34 heavy (non-hydrogen) atoms. The number of aromatic nitrogens is 3. The topological polar surface area (TPSA) is 113 Å². The third-order valence-corrected chi connectivity index (χ3v) is 5.90. The molecule has 0 atom stereocenters. The molecular weight excluding hydrogens is 450 g/mol. The molecule has 1 heterocycles. The number of hydrogen-bond donors (Lipinski definition) is 3. The quantitative estimate of drug-likeness (QED) is 0.211. The Hall–Kier alpha value is -4.11. The smallest absolute Gasteiger partial charge is 0.250 e. The fourth-order valence-corrected chi connectivity index (χ4v) is 3.90. The molecule has 9 heteroatoms. The van der Waals surface area contributed by atoms with E-state index in [1.54, 1.807) is 0 Å². The number of nitrogens with one attached hydrogen (secondary N) is 1. The molecule has 0 radical (unpaired) electrons. The van der Waals surface area contributed by atoms with Gasteiger partial charge in [0.1, 0.15) is 11.5 Å². The third kappa shape index (κ3) is 5.44. The lowest BCUT2D eigenvalue weighted by atomic mass is 10.1. The van der Waals surface area contributed by atoms with Gasteiger partial charge in [0.05, 0.1) is 12.0 Å². The summed E-state index contributed by atoms with van der Waals surface area (Å²) >= 11 is 1.25. The first kappa shape index (κ1) is 23.1. The molecule has 3 N–H and O–H groups in total.